The van der Waals surface area contributed by atoms with Crippen LogP contribution in [0, 0.1) is 6.92 Å². The number of nitrogens with zero attached hydrogens (tertiary/aromatic N) is 4. The predicted octanol–water partition coefficient (Wildman–Crippen LogP) is 3.20. The highest BCUT2D eigenvalue weighted by molar-refractivity contribution is 6.31. The molecule has 1 aliphatic heterocycles. The number of ether oxygens (including phenoxy) is 2. The molecule has 1 aromatic carbocycles. The average Bonchev–Trinajstić information content (AvgIpc) is 2.71. The van der Waals surface area contributed by atoms with Crippen LogP contribution in [-0.4, -0.2) is 60.7 Å². The summed E-state index contributed by atoms with van der Waals surface area (Å²) in [5.74, 6) is 2.54. The largest absolute Gasteiger partial charge is 0.496 e. The van der Waals surface area contributed by atoms with E-state index < -0.39 is 0 Å². The SMILES string of the molecule is CCCOc1cc(N2CCN(C(=O)c3cc(Cl)ccc3OC)CC2)nc(C)n1. The first-order chi connectivity index (χ1) is 13.5. The highest BCUT2D eigenvalue weighted by atomic mass is 35.5. The fraction of sp³-hybridized carbons (Fsp3) is 0.450. The van der Waals surface area contributed by atoms with E-state index in [1.165, 1.54) is 0 Å². The summed E-state index contributed by atoms with van der Waals surface area (Å²) in [6.45, 7) is 7.06. The van der Waals surface area contributed by atoms with Gasteiger partial charge in [-0.3, -0.25) is 4.79 Å². The van der Waals surface area contributed by atoms with Gasteiger partial charge in [-0.15, -0.1) is 0 Å². The molecule has 0 radical (unpaired) electrons. The second-order valence-electron chi connectivity index (χ2n) is 6.58. The number of halogens is 1. The highest BCUT2D eigenvalue weighted by Crippen LogP contribution is 2.25. The molecular weight excluding hydrogens is 380 g/mol. The quantitative estimate of drug-likeness (QED) is 0.736. The predicted molar refractivity (Wildman–Crippen MR) is 109 cm³/mol. The Bertz CT molecular complexity index is 838. The summed E-state index contributed by atoms with van der Waals surface area (Å²) in [7, 11) is 1.55. The van der Waals surface area contributed by atoms with E-state index >= 15 is 0 Å². The van der Waals surface area contributed by atoms with Gasteiger partial charge in [0.1, 0.15) is 17.4 Å². The van der Waals surface area contributed by atoms with Gasteiger partial charge in [0.05, 0.1) is 19.3 Å². The maximum absolute atomic E-state index is 12.9. The van der Waals surface area contributed by atoms with Crippen LogP contribution in [0.25, 0.3) is 0 Å². The van der Waals surface area contributed by atoms with Gasteiger partial charge in [-0.2, -0.15) is 4.98 Å². The summed E-state index contributed by atoms with van der Waals surface area (Å²) in [5, 5.41) is 0.513. The van der Waals surface area contributed by atoms with Gasteiger partial charge in [-0.05, 0) is 31.5 Å². The second kappa shape index (κ2) is 9.10. The highest BCUT2D eigenvalue weighted by Gasteiger charge is 2.25. The van der Waals surface area contributed by atoms with Crippen molar-refractivity contribution in [2.45, 2.75) is 20.3 Å². The Kier molecular flexibility index (Phi) is 6.57. The van der Waals surface area contributed by atoms with Gasteiger partial charge >= 0.3 is 0 Å². The molecule has 2 aromatic rings. The van der Waals surface area contributed by atoms with Crippen molar-refractivity contribution in [3.63, 3.8) is 0 Å². The number of aromatic nitrogens is 2. The third kappa shape index (κ3) is 4.65. The normalized spacial score (nSPS) is 14.1. The molecule has 0 bridgehead atoms. The summed E-state index contributed by atoms with van der Waals surface area (Å²) in [4.78, 5) is 25.7. The van der Waals surface area contributed by atoms with Gasteiger partial charge in [0.15, 0.2) is 0 Å². The maximum atomic E-state index is 12.9. The van der Waals surface area contributed by atoms with Crippen LogP contribution in [0.3, 0.4) is 0 Å². The number of hydrogen-bond donors (Lipinski definition) is 0. The molecule has 2 heterocycles. The Morgan fingerprint density at radius 2 is 1.93 bits per heavy atom. The van der Waals surface area contributed by atoms with E-state index in [4.69, 9.17) is 21.1 Å². The summed E-state index contributed by atoms with van der Waals surface area (Å²) >= 11 is 6.07. The average molecular weight is 405 g/mol. The summed E-state index contributed by atoms with van der Waals surface area (Å²) in [6.07, 6.45) is 0.923. The number of piperazine rings is 1. The first-order valence-electron chi connectivity index (χ1n) is 9.38. The van der Waals surface area contributed by atoms with Crippen molar-refractivity contribution in [2.24, 2.45) is 0 Å². The maximum Gasteiger partial charge on any atom is 0.257 e. The molecule has 150 valence electrons. The molecule has 0 N–H and O–H groups in total. The van der Waals surface area contributed by atoms with Crippen LogP contribution in [-0.2, 0) is 0 Å². The molecule has 0 aliphatic carbocycles. The molecule has 1 aliphatic rings. The molecule has 28 heavy (non-hydrogen) atoms. The summed E-state index contributed by atoms with van der Waals surface area (Å²) in [6, 6.07) is 6.94. The van der Waals surface area contributed by atoms with E-state index in [-0.39, 0.29) is 5.91 Å². The van der Waals surface area contributed by atoms with Gasteiger partial charge in [-0.25, -0.2) is 4.98 Å². The third-order valence-corrected chi connectivity index (χ3v) is 4.77. The van der Waals surface area contributed by atoms with Crippen molar-refractivity contribution < 1.29 is 14.3 Å². The first-order valence-corrected chi connectivity index (χ1v) is 9.76. The molecular formula is C20H25ClN4O3. The van der Waals surface area contributed by atoms with Crippen LogP contribution >= 0.6 is 11.6 Å². The summed E-state index contributed by atoms with van der Waals surface area (Å²) < 4.78 is 11.0. The summed E-state index contributed by atoms with van der Waals surface area (Å²) in [5.41, 5.74) is 0.483. The Labute approximate surface area is 170 Å². The Balaban J connectivity index is 1.69. The number of rotatable bonds is 6. The van der Waals surface area contributed by atoms with Crippen molar-refractivity contribution in [1.29, 1.82) is 0 Å². The van der Waals surface area contributed by atoms with Crippen LogP contribution in [0.4, 0.5) is 5.82 Å². The molecule has 0 saturated carbocycles. The minimum atomic E-state index is -0.0789. The lowest BCUT2D eigenvalue weighted by Gasteiger charge is -2.35. The molecule has 1 saturated heterocycles. The number of carbonyl (C=O) groups is 1. The van der Waals surface area contributed by atoms with E-state index in [1.807, 2.05) is 17.9 Å². The number of amides is 1. The zero-order valence-electron chi connectivity index (χ0n) is 16.4. The van der Waals surface area contributed by atoms with Crippen molar-refractivity contribution in [1.82, 2.24) is 14.9 Å². The van der Waals surface area contributed by atoms with Gasteiger partial charge in [0, 0.05) is 37.3 Å². The van der Waals surface area contributed by atoms with Crippen LogP contribution in [0.1, 0.15) is 29.5 Å². The molecule has 0 spiro atoms. The zero-order valence-corrected chi connectivity index (χ0v) is 17.2. The number of aryl methyl sites for hydroxylation is 1. The van der Waals surface area contributed by atoms with Crippen LogP contribution in [0.2, 0.25) is 5.02 Å². The van der Waals surface area contributed by atoms with Crippen LogP contribution < -0.4 is 14.4 Å². The first kappa shape index (κ1) is 20.2. The van der Waals surface area contributed by atoms with E-state index in [0.29, 0.717) is 60.8 Å². The van der Waals surface area contributed by atoms with Gasteiger partial charge < -0.3 is 19.3 Å². The topological polar surface area (TPSA) is 67.8 Å². The lowest BCUT2D eigenvalue weighted by Crippen LogP contribution is -2.49. The fourth-order valence-electron chi connectivity index (χ4n) is 3.12. The van der Waals surface area contributed by atoms with E-state index in [9.17, 15) is 4.79 Å². The van der Waals surface area contributed by atoms with Gasteiger partial charge in [0.2, 0.25) is 5.88 Å². The molecule has 7 nitrogen and oxygen atoms in total. The van der Waals surface area contributed by atoms with Crippen molar-refractivity contribution in [3.8, 4) is 11.6 Å². The monoisotopic (exact) mass is 404 g/mol. The van der Waals surface area contributed by atoms with Gasteiger partial charge in [0.25, 0.3) is 5.91 Å². The van der Waals surface area contributed by atoms with E-state index in [0.717, 1.165) is 12.2 Å². The molecule has 8 heteroatoms. The zero-order chi connectivity index (χ0) is 20.1. The molecule has 3 rings (SSSR count). The van der Waals surface area contributed by atoms with Gasteiger partial charge in [-0.1, -0.05) is 18.5 Å². The minimum Gasteiger partial charge on any atom is -0.496 e. The second-order valence-corrected chi connectivity index (χ2v) is 7.02. The Morgan fingerprint density at radius 1 is 1.18 bits per heavy atom. The lowest BCUT2D eigenvalue weighted by atomic mass is 10.1. The fourth-order valence-corrected chi connectivity index (χ4v) is 3.30. The molecule has 1 amide bonds. The number of carbonyl (C=O) groups excluding carboxylic acids is 1. The van der Waals surface area contributed by atoms with Crippen molar-refractivity contribution in [2.75, 3.05) is 44.8 Å². The molecule has 0 atom stereocenters. The number of anilines is 1. The smallest absolute Gasteiger partial charge is 0.257 e. The molecule has 1 fully saturated rings. The lowest BCUT2D eigenvalue weighted by molar-refractivity contribution is 0.0743. The van der Waals surface area contributed by atoms with Crippen LogP contribution in [0.5, 0.6) is 11.6 Å². The number of hydrogen-bond acceptors (Lipinski definition) is 6. The number of methoxy groups -OCH3 is 1. The number of benzene rings is 1. The van der Waals surface area contributed by atoms with Crippen molar-refractivity contribution in [3.05, 3.63) is 40.7 Å². The van der Waals surface area contributed by atoms with Crippen molar-refractivity contribution >= 4 is 23.3 Å². The Morgan fingerprint density at radius 3 is 2.61 bits per heavy atom. The van der Waals surface area contributed by atoms with E-state index in [2.05, 4.69) is 21.8 Å². The van der Waals surface area contributed by atoms with Crippen LogP contribution in [0.15, 0.2) is 24.3 Å². The molecule has 1 aromatic heterocycles. The minimum absolute atomic E-state index is 0.0789. The third-order valence-electron chi connectivity index (χ3n) is 4.54. The molecule has 0 unspecified atom stereocenters. The standard InChI is InChI=1S/C20H25ClN4O3/c1-4-11-28-19-13-18(22-14(2)23-19)24-7-9-25(10-8-24)20(26)16-12-15(21)5-6-17(16)27-3/h5-6,12-13H,4,7-11H2,1-3H3. The Hall–Kier alpha value is -2.54. The van der Waals surface area contributed by atoms with E-state index in [1.54, 1.807) is 25.3 Å².